The van der Waals surface area contributed by atoms with E-state index < -0.39 is 0 Å². The van der Waals surface area contributed by atoms with Crippen molar-refractivity contribution in [1.29, 1.82) is 0 Å². The molecular formula is C13H23N3S. The molecule has 0 aliphatic carbocycles. The lowest BCUT2D eigenvalue weighted by Gasteiger charge is -2.08. The number of hydrogen-bond donors (Lipinski definition) is 1. The molecule has 1 N–H and O–H groups in total. The second-order valence-corrected chi connectivity index (χ2v) is 5.11. The third kappa shape index (κ3) is 5.39. The predicted molar refractivity (Wildman–Crippen MR) is 75.8 cm³/mol. The van der Waals surface area contributed by atoms with Gasteiger partial charge < -0.3 is 5.32 Å². The maximum absolute atomic E-state index is 4.59. The van der Waals surface area contributed by atoms with E-state index in [2.05, 4.69) is 42.1 Å². The quantitative estimate of drug-likeness (QED) is 0.435. The van der Waals surface area contributed by atoms with Crippen LogP contribution < -0.4 is 5.32 Å². The smallest absolute Gasteiger partial charge is 0.132 e. The molecule has 96 valence electrons. The van der Waals surface area contributed by atoms with Gasteiger partial charge in [0.2, 0.25) is 0 Å². The van der Waals surface area contributed by atoms with Crippen LogP contribution in [0.5, 0.6) is 0 Å². The Morgan fingerprint density at radius 2 is 2.00 bits per heavy atom. The molecule has 0 unspecified atom stereocenters. The third-order valence-electron chi connectivity index (χ3n) is 2.33. The second kappa shape index (κ2) is 8.34. The molecule has 0 saturated heterocycles. The number of unbranched alkanes of at least 4 members (excludes halogenated alkanes) is 1. The molecule has 17 heavy (non-hydrogen) atoms. The zero-order valence-electron chi connectivity index (χ0n) is 11.1. The summed E-state index contributed by atoms with van der Waals surface area (Å²) in [5.74, 6) is 3.07. The van der Waals surface area contributed by atoms with Crippen LogP contribution in [0.3, 0.4) is 0 Å². The van der Waals surface area contributed by atoms with Crippen molar-refractivity contribution >= 4 is 17.6 Å². The van der Waals surface area contributed by atoms with E-state index in [1.807, 2.05) is 11.8 Å². The van der Waals surface area contributed by atoms with Gasteiger partial charge in [0, 0.05) is 19.0 Å². The Morgan fingerprint density at radius 1 is 1.18 bits per heavy atom. The van der Waals surface area contributed by atoms with Gasteiger partial charge >= 0.3 is 0 Å². The van der Waals surface area contributed by atoms with Crippen LogP contribution >= 0.6 is 11.8 Å². The molecule has 3 nitrogen and oxygen atoms in total. The SMILES string of the molecule is CCCCSc1cc(NCC)nc(CCC)n1. The summed E-state index contributed by atoms with van der Waals surface area (Å²) in [6, 6.07) is 2.06. The van der Waals surface area contributed by atoms with Crippen molar-refractivity contribution in [3.63, 3.8) is 0 Å². The molecule has 4 heteroatoms. The second-order valence-electron chi connectivity index (χ2n) is 3.99. The minimum Gasteiger partial charge on any atom is -0.370 e. The summed E-state index contributed by atoms with van der Waals surface area (Å²) in [7, 11) is 0. The van der Waals surface area contributed by atoms with E-state index >= 15 is 0 Å². The molecule has 0 atom stereocenters. The van der Waals surface area contributed by atoms with Crippen LogP contribution in [0.15, 0.2) is 11.1 Å². The fourth-order valence-corrected chi connectivity index (χ4v) is 2.48. The van der Waals surface area contributed by atoms with E-state index in [0.717, 1.165) is 41.8 Å². The Labute approximate surface area is 109 Å². The summed E-state index contributed by atoms with van der Waals surface area (Å²) in [6.07, 6.45) is 4.53. The van der Waals surface area contributed by atoms with Crippen molar-refractivity contribution < 1.29 is 0 Å². The Balaban J connectivity index is 2.72. The Hall–Kier alpha value is -0.770. The standard InChI is InChI=1S/C13H23N3S/c1-4-7-9-17-13-10-12(14-6-3)15-11(16-13)8-5-2/h10H,4-9H2,1-3H3,(H,14,15,16). The molecule has 0 spiro atoms. The van der Waals surface area contributed by atoms with Crippen molar-refractivity contribution in [2.75, 3.05) is 17.6 Å². The van der Waals surface area contributed by atoms with Crippen molar-refractivity contribution in [2.45, 2.75) is 51.5 Å². The monoisotopic (exact) mass is 253 g/mol. The number of anilines is 1. The fourth-order valence-electron chi connectivity index (χ4n) is 1.47. The highest BCUT2D eigenvalue weighted by Gasteiger charge is 2.04. The van der Waals surface area contributed by atoms with Gasteiger partial charge in [0.1, 0.15) is 16.7 Å². The van der Waals surface area contributed by atoms with Gasteiger partial charge in [-0.15, -0.1) is 11.8 Å². The number of thioether (sulfide) groups is 1. The molecule has 0 fully saturated rings. The van der Waals surface area contributed by atoms with E-state index in [4.69, 9.17) is 0 Å². The maximum atomic E-state index is 4.59. The van der Waals surface area contributed by atoms with Gasteiger partial charge in [0.15, 0.2) is 0 Å². The average molecular weight is 253 g/mol. The van der Waals surface area contributed by atoms with Gasteiger partial charge in [-0.05, 0) is 25.5 Å². The summed E-state index contributed by atoms with van der Waals surface area (Å²) in [4.78, 5) is 9.09. The highest BCUT2D eigenvalue weighted by molar-refractivity contribution is 7.99. The van der Waals surface area contributed by atoms with Crippen LogP contribution in [0.2, 0.25) is 0 Å². The molecular weight excluding hydrogens is 230 g/mol. The van der Waals surface area contributed by atoms with E-state index in [-0.39, 0.29) is 0 Å². The summed E-state index contributed by atoms with van der Waals surface area (Å²) in [6.45, 7) is 7.37. The molecule has 1 aromatic heterocycles. The topological polar surface area (TPSA) is 37.8 Å². The predicted octanol–water partition coefficient (Wildman–Crippen LogP) is 3.75. The van der Waals surface area contributed by atoms with Crippen LogP contribution in [0.4, 0.5) is 5.82 Å². The van der Waals surface area contributed by atoms with E-state index in [1.165, 1.54) is 12.8 Å². The molecule has 0 aliphatic rings. The maximum Gasteiger partial charge on any atom is 0.132 e. The van der Waals surface area contributed by atoms with Gasteiger partial charge in [-0.1, -0.05) is 20.3 Å². The first kappa shape index (κ1) is 14.3. The van der Waals surface area contributed by atoms with Gasteiger partial charge in [-0.25, -0.2) is 9.97 Å². The lowest BCUT2D eigenvalue weighted by molar-refractivity contribution is 0.809. The van der Waals surface area contributed by atoms with E-state index in [0.29, 0.717) is 0 Å². The zero-order valence-corrected chi connectivity index (χ0v) is 11.9. The highest BCUT2D eigenvalue weighted by atomic mass is 32.2. The normalized spacial score (nSPS) is 10.5. The van der Waals surface area contributed by atoms with Gasteiger partial charge in [0.05, 0.1) is 0 Å². The van der Waals surface area contributed by atoms with E-state index in [9.17, 15) is 0 Å². The number of nitrogens with zero attached hydrogens (tertiary/aromatic N) is 2. The van der Waals surface area contributed by atoms with Crippen molar-refractivity contribution in [2.24, 2.45) is 0 Å². The molecule has 1 rings (SSSR count). The van der Waals surface area contributed by atoms with Crippen LogP contribution in [-0.4, -0.2) is 22.3 Å². The molecule has 0 aliphatic heterocycles. The largest absolute Gasteiger partial charge is 0.370 e. The summed E-state index contributed by atoms with van der Waals surface area (Å²) in [5, 5.41) is 4.38. The molecule has 0 radical (unpaired) electrons. The minimum absolute atomic E-state index is 0.904. The van der Waals surface area contributed by atoms with Crippen molar-refractivity contribution in [3.05, 3.63) is 11.9 Å². The van der Waals surface area contributed by atoms with Crippen molar-refractivity contribution in [1.82, 2.24) is 9.97 Å². The first-order valence-corrected chi connectivity index (χ1v) is 7.53. The average Bonchev–Trinajstić information content (AvgIpc) is 2.30. The first-order valence-electron chi connectivity index (χ1n) is 6.54. The third-order valence-corrected chi connectivity index (χ3v) is 3.33. The number of nitrogens with one attached hydrogen (secondary N) is 1. The molecule has 0 aromatic carbocycles. The van der Waals surface area contributed by atoms with Crippen molar-refractivity contribution in [3.8, 4) is 0 Å². The molecule has 1 aromatic rings. The Morgan fingerprint density at radius 3 is 2.65 bits per heavy atom. The van der Waals surface area contributed by atoms with Gasteiger partial charge in [-0.2, -0.15) is 0 Å². The molecule has 0 saturated carbocycles. The lowest BCUT2D eigenvalue weighted by atomic mass is 10.3. The summed E-state index contributed by atoms with van der Waals surface area (Å²) in [5.41, 5.74) is 0. The zero-order chi connectivity index (χ0) is 12.5. The van der Waals surface area contributed by atoms with Crippen LogP contribution in [0.25, 0.3) is 0 Å². The number of aryl methyl sites for hydroxylation is 1. The summed E-state index contributed by atoms with van der Waals surface area (Å²) < 4.78 is 0. The molecule has 1 heterocycles. The molecule has 0 bridgehead atoms. The number of aromatic nitrogens is 2. The summed E-state index contributed by atoms with van der Waals surface area (Å²) >= 11 is 1.83. The highest BCUT2D eigenvalue weighted by Crippen LogP contribution is 2.20. The minimum atomic E-state index is 0.904. The Bertz CT molecular complexity index is 304. The van der Waals surface area contributed by atoms with Crippen LogP contribution in [0.1, 0.15) is 45.9 Å². The fraction of sp³-hybridized carbons (Fsp3) is 0.692. The van der Waals surface area contributed by atoms with Gasteiger partial charge in [-0.3, -0.25) is 0 Å². The van der Waals surface area contributed by atoms with Crippen LogP contribution in [0, 0.1) is 0 Å². The number of hydrogen-bond acceptors (Lipinski definition) is 4. The van der Waals surface area contributed by atoms with E-state index in [1.54, 1.807) is 0 Å². The van der Waals surface area contributed by atoms with Gasteiger partial charge in [0.25, 0.3) is 0 Å². The van der Waals surface area contributed by atoms with Crippen LogP contribution in [-0.2, 0) is 6.42 Å². The number of rotatable bonds is 8. The first-order chi connectivity index (χ1) is 8.30. The molecule has 0 amide bonds. The lowest BCUT2D eigenvalue weighted by Crippen LogP contribution is -2.04. The Kier molecular flexibility index (Phi) is 7.01.